The van der Waals surface area contributed by atoms with Crippen molar-refractivity contribution in [2.24, 2.45) is 0 Å². The molecule has 0 saturated carbocycles. The summed E-state index contributed by atoms with van der Waals surface area (Å²) in [5.74, 6) is 0.992. The molecule has 0 aliphatic carbocycles. The summed E-state index contributed by atoms with van der Waals surface area (Å²) in [6.07, 6.45) is 4.05. The summed E-state index contributed by atoms with van der Waals surface area (Å²) in [4.78, 5) is 6.84. The maximum absolute atomic E-state index is 5.87. The summed E-state index contributed by atoms with van der Waals surface area (Å²) < 4.78 is 0. The Kier molecular flexibility index (Phi) is 2.90. The monoisotopic (exact) mass is 253 g/mol. The average Bonchev–Trinajstić information content (AvgIpc) is 2.42. The topological polar surface area (TPSA) is 42.2 Å². The van der Waals surface area contributed by atoms with Crippen LogP contribution in [0.5, 0.6) is 0 Å². The van der Waals surface area contributed by atoms with Crippen molar-refractivity contribution in [3.05, 3.63) is 47.7 Å². The van der Waals surface area contributed by atoms with E-state index in [0.29, 0.717) is 6.04 Å². The van der Waals surface area contributed by atoms with E-state index in [1.165, 1.54) is 11.3 Å². The number of rotatable bonds is 1. The molecule has 19 heavy (non-hydrogen) atoms. The molecule has 0 spiro atoms. The van der Waals surface area contributed by atoms with Crippen molar-refractivity contribution in [2.75, 3.05) is 10.6 Å². The van der Waals surface area contributed by atoms with Gasteiger partial charge in [0.25, 0.3) is 0 Å². The van der Waals surface area contributed by atoms with Crippen LogP contribution in [0.25, 0.3) is 0 Å². The highest BCUT2D eigenvalue weighted by atomic mass is 15.2. The molecule has 1 aliphatic rings. The number of fused-ring (bicyclic) bond motifs is 1. The Labute approximate surface area is 114 Å². The minimum atomic E-state index is 0.463. The van der Waals surface area contributed by atoms with Crippen LogP contribution in [0.4, 0.5) is 17.2 Å². The van der Waals surface area contributed by atoms with Gasteiger partial charge in [-0.3, -0.25) is 0 Å². The molecule has 2 heterocycles. The second-order valence-corrected chi connectivity index (χ2v) is 5.29. The number of para-hydroxylation sites is 1. The molecule has 1 aromatic heterocycles. The molecule has 1 unspecified atom stereocenters. The van der Waals surface area contributed by atoms with Gasteiger partial charge in [-0.05, 0) is 49.9 Å². The predicted octanol–water partition coefficient (Wildman–Crippen LogP) is 3.45. The first-order valence-corrected chi connectivity index (χ1v) is 6.76. The zero-order valence-electron chi connectivity index (χ0n) is 11.4. The number of anilines is 3. The van der Waals surface area contributed by atoms with Crippen molar-refractivity contribution >= 4 is 17.2 Å². The molecule has 98 valence electrons. The van der Waals surface area contributed by atoms with Crippen LogP contribution in [0.2, 0.25) is 0 Å². The highest BCUT2D eigenvalue weighted by Gasteiger charge is 2.24. The van der Waals surface area contributed by atoms with E-state index in [-0.39, 0.29) is 0 Å². The van der Waals surface area contributed by atoms with E-state index in [1.807, 2.05) is 6.92 Å². The molecule has 0 bridgehead atoms. The lowest BCUT2D eigenvalue weighted by Crippen LogP contribution is -2.33. The second kappa shape index (κ2) is 4.57. The lowest BCUT2D eigenvalue weighted by Gasteiger charge is -2.36. The van der Waals surface area contributed by atoms with Gasteiger partial charge in [0.2, 0.25) is 0 Å². The van der Waals surface area contributed by atoms with Crippen molar-refractivity contribution in [1.29, 1.82) is 0 Å². The third-order valence-electron chi connectivity index (χ3n) is 3.91. The van der Waals surface area contributed by atoms with Crippen molar-refractivity contribution < 1.29 is 0 Å². The first kappa shape index (κ1) is 12.0. The number of aryl methyl sites for hydroxylation is 2. The van der Waals surface area contributed by atoms with Crippen molar-refractivity contribution in [3.8, 4) is 0 Å². The molecule has 3 heteroatoms. The van der Waals surface area contributed by atoms with Gasteiger partial charge in [0, 0.05) is 11.7 Å². The maximum atomic E-state index is 5.87. The molecule has 1 aromatic carbocycles. The largest absolute Gasteiger partial charge is 0.397 e. The van der Waals surface area contributed by atoms with Gasteiger partial charge < -0.3 is 10.6 Å². The van der Waals surface area contributed by atoms with Gasteiger partial charge in [-0.25, -0.2) is 4.98 Å². The molecular formula is C16H19N3. The standard InChI is InChI=1S/C16H19N3/c1-11-9-16(18-10-14(11)17)19-12(2)7-8-13-5-3-4-6-15(13)19/h3-6,9-10,12H,7-8,17H2,1-2H3. The van der Waals surface area contributed by atoms with Gasteiger partial charge in [-0.15, -0.1) is 0 Å². The molecule has 0 saturated heterocycles. The minimum Gasteiger partial charge on any atom is -0.397 e. The Hall–Kier alpha value is -2.03. The maximum Gasteiger partial charge on any atom is 0.133 e. The first-order valence-electron chi connectivity index (χ1n) is 6.76. The lowest BCUT2D eigenvalue weighted by molar-refractivity contribution is 0.613. The average molecular weight is 253 g/mol. The molecule has 0 radical (unpaired) electrons. The molecule has 3 nitrogen and oxygen atoms in total. The van der Waals surface area contributed by atoms with Crippen molar-refractivity contribution in [1.82, 2.24) is 4.98 Å². The normalized spacial score (nSPS) is 18.2. The molecule has 0 amide bonds. The molecule has 1 aliphatic heterocycles. The van der Waals surface area contributed by atoms with Gasteiger partial charge in [0.05, 0.1) is 11.9 Å². The summed E-state index contributed by atoms with van der Waals surface area (Å²) in [5, 5.41) is 0. The van der Waals surface area contributed by atoms with E-state index in [9.17, 15) is 0 Å². The highest BCUT2D eigenvalue weighted by Crippen LogP contribution is 2.36. The van der Waals surface area contributed by atoms with E-state index in [1.54, 1.807) is 6.20 Å². The van der Waals surface area contributed by atoms with Crippen LogP contribution in [0.3, 0.4) is 0 Å². The molecule has 1 atom stereocenters. The fourth-order valence-corrected chi connectivity index (χ4v) is 2.72. The molecule has 0 fully saturated rings. The van der Waals surface area contributed by atoms with E-state index in [4.69, 9.17) is 5.73 Å². The zero-order valence-corrected chi connectivity index (χ0v) is 11.4. The summed E-state index contributed by atoms with van der Waals surface area (Å²) in [6.45, 7) is 4.28. The quantitative estimate of drug-likeness (QED) is 0.846. The first-order chi connectivity index (χ1) is 9.16. The number of pyridine rings is 1. The number of hydrogen-bond acceptors (Lipinski definition) is 3. The van der Waals surface area contributed by atoms with E-state index in [2.05, 4.69) is 47.1 Å². The summed E-state index contributed by atoms with van der Waals surface area (Å²) in [5.41, 5.74) is 10.4. The fraction of sp³-hybridized carbons (Fsp3) is 0.312. The zero-order chi connectivity index (χ0) is 13.4. The number of aromatic nitrogens is 1. The molecule has 3 rings (SSSR count). The highest BCUT2D eigenvalue weighted by molar-refractivity contribution is 5.68. The molecular weight excluding hydrogens is 234 g/mol. The van der Waals surface area contributed by atoms with Crippen LogP contribution in [-0.2, 0) is 6.42 Å². The number of benzene rings is 1. The second-order valence-electron chi connectivity index (χ2n) is 5.29. The van der Waals surface area contributed by atoms with Crippen LogP contribution >= 0.6 is 0 Å². The van der Waals surface area contributed by atoms with Gasteiger partial charge in [-0.2, -0.15) is 0 Å². The van der Waals surface area contributed by atoms with Crippen molar-refractivity contribution in [3.63, 3.8) is 0 Å². The lowest BCUT2D eigenvalue weighted by atomic mass is 9.96. The van der Waals surface area contributed by atoms with Crippen LogP contribution in [-0.4, -0.2) is 11.0 Å². The van der Waals surface area contributed by atoms with Gasteiger partial charge in [0.1, 0.15) is 5.82 Å². The minimum absolute atomic E-state index is 0.463. The number of nitrogen functional groups attached to an aromatic ring is 1. The Morgan fingerprint density at radius 2 is 2.11 bits per heavy atom. The number of hydrogen-bond donors (Lipinski definition) is 1. The fourth-order valence-electron chi connectivity index (χ4n) is 2.72. The third-order valence-corrected chi connectivity index (χ3v) is 3.91. The Bertz CT molecular complexity index is 607. The van der Waals surface area contributed by atoms with Gasteiger partial charge in [0.15, 0.2) is 0 Å². The number of nitrogens with zero attached hydrogens (tertiary/aromatic N) is 2. The van der Waals surface area contributed by atoms with Gasteiger partial charge >= 0.3 is 0 Å². The third kappa shape index (κ3) is 2.05. The summed E-state index contributed by atoms with van der Waals surface area (Å²) in [6, 6.07) is 11.1. The SMILES string of the molecule is Cc1cc(N2c3ccccc3CCC2C)ncc1N. The Morgan fingerprint density at radius 3 is 2.89 bits per heavy atom. The van der Waals surface area contributed by atoms with Gasteiger partial charge in [-0.1, -0.05) is 18.2 Å². The van der Waals surface area contributed by atoms with E-state index in [0.717, 1.165) is 29.9 Å². The predicted molar refractivity (Wildman–Crippen MR) is 79.8 cm³/mol. The molecule has 2 N–H and O–H groups in total. The Balaban J connectivity index is 2.10. The van der Waals surface area contributed by atoms with E-state index < -0.39 is 0 Å². The molecule has 2 aromatic rings. The Morgan fingerprint density at radius 1 is 1.32 bits per heavy atom. The summed E-state index contributed by atoms with van der Waals surface area (Å²) in [7, 11) is 0. The van der Waals surface area contributed by atoms with Crippen LogP contribution in [0, 0.1) is 6.92 Å². The summed E-state index contributed by atoms with van der Waals surface area (Å²) >= 11 is 0. The van der Waals surface area contributed by atoms with Crippen LogP contribution in [0.15, 0.2) is 36.5 Å². The van der Waals surface area contributed by atoms with Crippen molar-refractivity contribution in [2.45, 2.75) is 32.7 Å². The number of nitrogens with two attached hydrogens (primary N) is 1. The van der Waals surface area contributed by atoms with E-state index >= 15 is 0 Å². The van der Waals surface area contributed by atoms with Crippen LogP contribution in [0.1, 0.15) is 24.5 Å². The smallest absolute Gasteiger partial charge is 0.133 e. The van der Waals surface area contributed by atoms with Crippen LogP contribution < -0.4 is 10.6 Å².